The number of aliphatic hydroxyl groups is 1. The maximum absolute atomic E-state index is 13.3. The van der Waals surface area contributed by atoms with Gasteiger partial charge in [-0.25, -0.2) is 4.39 Å². The molecule has 1 N–H and O–H groups in total. The second-order valence-electron chi connectivity index (χ2n) is 7.37. The van der Waals surface area contributed by atoms with E-state index < -0.39 is 34.2 Å². The highest BCUT2D eigenvalue weighted by atomic mass is 19.1. The number of nitro groups is 1. The van der Waals surface area contributed by atoms with Crippen LogP contribution in [0.1, 0.15) is 31.0 Å². The lowest BCUT2D eigenvalue weighted by Crippen LogP contribution is -2.38. The second-order valence-corrected chi connectivity index (χ2v) is 7.37. The number of Topliss-reactive ketones (excluding diaryl/α,β-unsaturated/α-hetero) is 1. The van der Waals surface area contributed by atoms with Gasteiger partial charge in [-0.05, 0) is 55.1 Å². The second kappa shape index (κ2) is 9.69. The van der Waals surface area contributed by atoms with Gasteiger partial charge in [0.05, 0.1) is 16.5 Å². The maximum atomic E-state index is 13.3. The van der Waals surface area contributed by atoms with Gasteiger partial charge >= 0.3 is 0 Å². The van der Waals surface area contributed by atoms with Crippen molar-refractivity contribution in [2.75, 3.05) is 26.2 Å². The van der Waals surface area contributed by atoms with Crippen LogP contribution in [0.2, 0.25) is 0 Å². The number of carbonyl (C=O) groups is 2. The number of hydrogen-bond donors (Lipinski definition) is 1. The molecule has 1 fully saturated rings. The molecular formula is C23H24FN3O5. The Labute approximate surface area is 184 Å². The average molecular weight is 441 g/mol. The first-order valence-electron chi connectivity index (χ1n) is 10.3. The number of nitrogens with zero attached hydrogens (tertiary/aromatic N) is 3. The van der Waals surface area contributed by atoms with Gasteiger partial charge < -0.3 is 14.9 Å². The molecule has 1 amide bonds. The molecule has 1 aliphatic heterocycles. The molecule has 1 aliphatic rings. The Kier molecular flexibility index (Phi) is 6.99. The minimum Gasteiger partial charge on any atom is -0.507 e. The van der Waals surface area contributed by atoms with Crippen LogP contribution in [0.3, 0.4) is 0 Å². The van der Waals surface area contributed by atoms with Crippen LogP contribution in [0, 0.1) is 15.9 Å². The smallest absolute Gasteiger partial charge is 0.295 e. The van der Waals surface area contributed by atoms with Crippen molar-refractivity contribution in [3.8, 4) is 0 Å². The molecule has 0 saturated carbocycles. The van der Waals surface area contributed by atoms with E-state index in [1.807, 2.05) is 13.8 Å². The summed E-state index contributed by atoms with van der Waals surface area (Å²) in [5.41, 5.74) is 0.389. The summed E-state index contributed by atoms with van der Waals surface area (Å²) >= 11 is 0. The van der Waals surface area contributed by atoms with Gasteiger partial charge in [0, 0.05) is 30.8 Å². The highest BCUT2D eigenvalue weighted by Gasteiger charge is 2.46. The summed E-state index contributed by atoms with van der Waals surface area (Å²) in [6.45, 7) is 6.24. The van der Waals surface area contributed by atoms with Crippen LogP contribution < -0.4 is 0 Å². The van der Waals surface area contributed by atoms with E-state index >= 15 is 0 Å². The van der Waals surface area contributed by atoms with Crippen LogP contribution in [0.4, 0.5) is 10.1 Å². The van der Waals surface area contributed by atoms with E-state index in [2.05, 4.69) is 4.90 Å². The molecule has 8 nitrogen and oxygen atoms in total. The lowest BCUT2D eigenvalue weighted by atomic mass is 9.95. The lowest BCUT2D eigenvalue weighted by Gasteiger charge is -2.28. The van der Waals surface area contributed by atoms with E-state index in [0.717, 1.165) is 25.2 Å². The van der Waals surface area contributed by atoms with Gasteiger partial charge in [-0.1, -0.05) is 13.8 Å². The monoisotopic (exact) mass is 441 g/mol. The van der Waals surface area contributed by atoms with Crippen molar-refractivity contribution in [3.05, 3.63) is 81.2 Å². The number of likely N-dealkylation sites (tertiary alicyclic amines) is 1. The van der Waals surface area contributed by atoms with Crippen LogP contribution in [0.25, 0.3) is 5.76 Å². The molecule has 168 valence electrons. The van der Waals surface area contributed by atoms with Gasteiger partial charge in [0.25, 0.3) is 17.4 Å². The predicted molar refractivity (Wildman–Crippen MR) is 116 cm³/mol. The number of non-ortho nitro benzene ring substituents is 1. The first-order chi connectivity index (χ1) is 15.3. The summed E-state index contributed by atoms with van der Waals surface area (Å²) in [6, 6.07) is 9.53. The van der Waals surface area contributed by atoms with Gasteiger partial charge in [0.2, 0.25) is 0 Å². The van der Waals surface area contributed by atoms with Crippen molar-refractivity contribution >= 4 is 23.1 Å². The zero-order valence-corrected chi connectivity index (χ0v) is 17.8. The Balaban J connectivity index is 2.10. The van der Waals surface area contributed by atoms with Gasteiger partial charge in [0.1, 0.15) is 11.6 Å². The predicted octanol–water partition coefficient (Wildman–Crippen LogP) is 3.50. The molecule has 2 aromatic rings. The molecule has 2 aromatic carbocycles. The first-order valence-corrected chi connectivity index (χ1v) is 10.3. The van der Waals surface area contributed by atoms with Crippen molar-refractivity contribution in [1.82, 2.24) is 9.80 Å². The Morgan fingerprint density at radius 2 is 1.69 bits per heavy atom. The number of nitro benzene ring substituents is 1. The molecule has 0 bridgehead atoms. The van der Waals surface area contributed by atoms with E-state index in [1.165, 1.54) is 41.3 Å². The van der Waals surface area contributed by atoms with Crippen molar-refractivity contribution in [3.63, 3.8) is 0 Å². The van der Waals surface area contributed by atoms with Crippen LogP contribution in [-0.2, 0) is 9.59 Å². The largest absolute Gasteiger partial charge is 0.507 e. The van der Waals surface area contributed by atoms with E-state index in [4.69, 9.17) is 0 Å². The Morgan fingerprint density at radius 1 is 1.09 bits per heavy atom. The highest BCUT2D eigenvalue weighted by molar-refractivity contribution is 6.46. The molecule has 0 radical (unpaired) electrons. The topological polar surface area (TPSA) is 104 Å². The fraction of sp³-hybridized carbons (Fsp3) is 0.304. The summed E-state index contributed by atoms with van der Waals surface area (Å²) in [4.78, 5) is 39.8. The van der Waals surface area contributed by atoms with E-state index in [1.54, 1.807) is 0 Å². The number of benzene rings is 2. The zero-order chi connectivity index (χ0) is 23.4. The fourth-order valence-electron chi connectivity index (χ4n) is 3.79. The molecule has 3 rings (SSSR count). The van der Waals surface area contributed by atoms with Crippen LogP contribution >= 0.6 is 0 Å². The van der Waals surface area contributed by atoms with Gasteiger partial charge in [0.15, 0.2) is 0 Å². The number of amides is 1. The van der Waals surface area contributed by atoms with Crippen molar-refractivity contribution < 1.29 is 24.0 Å². The average Bonchev–Trinajstić information content (AvgIpc) is 3.04. The Hall–Kier alpha value is -3.59. The molecular weight excluding hydrogens is 417 g/mol. The number of likely N-dealkylation sites (N-methyl/N-ethyl adjacent to an activating group) is 1. The summed E-state index contributed by atoms with van der Waals surface area (Å²) in [5.74, 6) is -2.54. The maximum Gasteiger partial charge on any atom is 0.295 e. The van der Waals surface area contributed by atoms with Crippen LogP contribution in [-0.4, -0.2) is 57.7 Å². The zero-order valence-electron chi connectivity index (χ0n) is 17.8. The molecule has 32 heavy (non-hydrogen) atoms. The number of halogens is 1. The van der Waals surface area contributed by atoms with E-state index in [9.17, 15) is 29.2 Å². The summed E-state index contributed by atoms with van der Waals surface area (Å²) < 4.78 is 13.3. The van der Waals surface area contributed by atoms with Crippen molar-refractivity contribution in [2.45, 2.75) is 19.9 Å². The molecule has 0 aliphatic carbocycles. The molecule has 9 heteroatoms. The minimum atomic E-state index is -0.920. The van der Waals surface area contributed by atoms with Gasteiger partial charge in [-0.3, -0.25) is 19.7 Å². The quantitative estimate of drug-likeness (QED) is 0.221. The van der Waals surface area contributed by atoms with Crippen molar-refractivity contribution in [2.24, 2.45) is 0 Å². The molecule has 1 heterocycles. The number of hydrogen-bond acceptors (Lipinski definition) is 6. The third kappa shape index (κ3) is 4.52. The third-order valence-corrected chi connectivity index (χ3v) is 5.63. The minimum absolute atomic E-state index is 0.130. The molecule has 0 aromatic heterocycles. The summed E-state index contributed by atoms with van der Waals surface area (Å²) in [6.07, 6.45) is 0. The summed E-state index contributed by atoms with van der Waals surface area (Å²) in [5, 5.41) is 21.9. The number of aliphatic hydroxyl groups excluding tert-OH is 1. The first kappa shape index (κ1) is 23.1. The SMILES string of the molecule is CCN(CC)CCN1C(=O)C(=O)/C(=C(/O)c2ccc(F)cc2)[C@@H]1c1ccc([N+](=O)[O-])cc1. The lowest BCUT2D eigenvalue weighted by molar-refractivity contribution is -0.384. The molecule has 1 saturated heterocycles. The number of rotatable bonds is 8. The standard InChI is InChI=1S/C23H24FN3O5/c1-3-25(4-2)13-14-26-20(15-7-11-18(12-8-15)27(31)32)19(22(29)23(26)30)21(28)16-5-9-17(24)10-6-16/h5-12,20,28H,3-4,13-14H2,1-2H3/b21-19+/t20-/m0/s1. The van der Waals surface area contributed by atoms with E-state index in [0.29, 0.717) is 12.1 Å². The van der Waals surface area contributed by atoms with Crippen LogP contribution in [0.15, 0.2) is 54.1 Å². The molecule has 0 spiro atoms. The summed E-state index contributed by atoms with van der Waals surface area (Å²) in [7, 11) is 0. The van der Waals surface area contributed by atoms with Crippen LogP contribution in [0.5, 0.6) is 0 Å². The van der Waals surface area contributed by atoms with Gasteiger partial charge in [-0.15, -0.1) is 0 Å². The Bertz CT molecular complexity index is 1050. The third-order valence-electron chi connectivity index (χ3n) is 5.63. The molecule has 1 atom stereocenters. The van der Waals surface area contributed by atoms with E-state index in [-0.39, 0.29) is 23.4 Å². The van der Waals surface area contributed by atoms with Gasteiger partial charge in [-0.2, -0.15) is 0 Å². The molecule has 0 unspecified atom stereocenters. The number of carbonyl (C=O) groups excluding carboxylic acids is 2. The Morgan fingerprint density at radius 3 is 2.22 bits per heavy atom. The highest BCUT2D eigenvalue weighted by Crippen LogP contribution is 2.39. The van der Waals surface area contributed by atoms with Crippen molar-refractivity contribution in [1.29, 1.82) is 0 Å². The number of ketones is 1. The fourth-order valence-corrected chi connectivity index (χ4v) is 3.79. The normalized spacial score (nSPS) is 17.9.